The van der Waals surface area contributed by atoms with E-state index in [9.17, 15) is 0 Å². The molecule has 25 heavy (non-hydrogen) atoms. The number of aromatic nitrogens is 5. The van der Waals surface area contributed by atoms with Crippen LogP contribution in [-0.4, -0.2) is 69.0 Å². The molecule has 0 unspecified atom stereocenters. The monoisotopic (exact) mass is 343 g/mol. The molecule has 0 atom stereocenters. The Hall–Kier alpha value is -2.06. The van der Waals surface area contributed by atoms with Gasteiger partial charge in [0.15, 0.2) is 0 Å². The van der Waals surface area contributed by atoms with Crippen molar-refractivity contribution >= 4 is 5.82 Å². The molecule has 8 nitrogen and oxygen atoms in total. The second kappa shape index (κ2) is 7.45. The van der Waals surface area contributed by atoms with Crippen molar-refractivity contribution in [1.29, 1.82) is 0 Å². The summed E-state index contributed by atoms with van der Waals surface area (Å²) in [6.07, 6.45) is 7.44. The molecule has 8 heteroatoms. The van der Waals surface area contributed by atoms with Gasteiger partial charge in [-0.3, -0.25) is 9.88 Å². The summed E-state index contributed by atoms with van der Waals surface area (Å²) >= 11 is 0. The zero-order chi connectivity index (χ0) is 17.1. The maximum Gasteiger partial charge on any atom is 0.147 e. The van der Waals surface area contributed by atoms with Crippen molar-refractivity contribution in [1.82, 2.24) is 29.6 Å². The summed E-state index contributed by atoms with van der Waals surface area (Å²) in [5.74, 6) is 3.59. The van der Waals surface area contributed by atoms with Crippen LogP contribution in [0.1, 0.15) is 30.4 Å². The normalized spacial score (nSPS) is 20.1. The highest BCUT2D eigenvalue weighted by Gasteiger charge is 2.26. The SMILES string of the molecule is Cn1c(CN2CCOCC2)nnc1C1CCN(c2cnccn2)CC1. The van der Waals surface area contributed by atoms with Crippen LogP contribution >= 0.6 is 0 Å². The number of anilines is 1. The number of hydrogen-bond acceptors (Lipinski definition) is 7. The third kappa shape index (κ3) is 3.64. The molecule has 134 valence electrons. The smallest absolute Gasteiger partial charge is 0.147 e. The van der Waals surface area contributed by atoms with E-state index < -0.39 is 0 Å². The van der Waals surface area contributed by atoms with Crippen LogP contribution in [0.15, 0.2) is 18.6 Å². The van der Waals surface area contributed by atoms with Gasteiger partial charge in [0, 0.05) is 51.5 Å². The fraction of sp³-hybridized carbons (Fsp3) is 0.647. The number of nitrogens with zero attached hydrogens (tertiary/aromatic N) is 7. The first-order valence-corrected chi connectivity index (χ1v) is 9.00. The molecule has 4 rings (SSSR count). The Bertz CT molecular complexity index is 676. The molecule has 2 saturated heterocycles. The minimum atomic E-state index is 0.462. The standard InChI is InChI=1S/C17H25N7O/c1-22-16(13-23-8-10-25-11-9-23)20-21-17(22)14-2-6-24(7-3-14)15-12-18-4-5-19-15/h4-5,12,14H,2-3,6-11,13H2,1H3. The topological polar surface area (TPSA) is 72.2 Å². The molecular weight excluding hydrogens is 318 g/mol. The molecule has 2 aromatic heterocycles. The third-order valence-electron chi connectivity index (χ3n) is 5.20. The highest BCUT2D eigenvalue weighted by molar-refractivity contribution is 5.35. The van der Waals surface area contributed by atoms with Gasteiger partial charge in [0.05, 0.1) is 26.0 Å². The van der Waals surface area contributed by atoms with E-state index >= 15 is 0 Å². The van der Waals surface area contributed by atoms with E-state index in [2.05, 4.69) is 41.6 Å². The molecule has 4 heterocycles. The molecule has 0 aliphatic carbocycles. The number of ether oxygens (including phenoxy) is 1. The van der Waals surface area contributed by atoms with E-state index in [-0.39, 0.29) is 0 Å². The molecule has 2 fully saturated rings. The Balaban J connectivity index is 1.38. The van der Waals surface area contributed by atoms with Crippen molar-refractivity contribution in [3.63, 3.8) is 0 Å². The molecule has 2 aromatic rings. The largest absolute Gasteiger partial charge is 0.379 e. The molecule has 0 N–H and O–H groups in total. The minimum absolute atomic E-state index is 0.462. The number of morpholine rings is 1. The van der Waals surface area contributed by atoms with Crippen LogP contribution in [0.25, 0.3) is 0 Å². The summed E-state index contributed by atoms with van der Waals surface area (Å²) in [5.41, 5.74) is 0. The lowest BCUT2D eigenvalue weighted by atomic mass is 9.96. The van der Waals surface area contributed by atoms with Crippen LogP contribution in [0.4, 0.5) is 5.82 Å². The number of rotatable bonds is 4. The summed E-state index contributed by atoms with van der Waals surface area (Å²) in [5, 5.41) is 8.97. The van der Waals surface area contributed by atoms with Gasteiger partial charge in [0.2, 0.25) is 0 Å². The lowest BCUT2D eigenvalue weighted by Crippen LogP contribution is -2.36. The van der Waals surface area contributed by atoms with Crippen molar-refractivity contribution in [2.24, 2.45) is 7.05 Å². The van der Waals surface area contributed by atoms with Crippen LogP contribution in [0, 0.1) is 0 Å². The van der Waals surface area contributed by atoms with E-state index in [1.807, 2.05) is 6.20 Å². The van der Waals surface area contributed by atoms with Gasteiger partial charge in [-0.25, -0.2) is 4.98 Å². The average Bonchev–Trinajstić information content (AvgIpc) is 3.04. The summed E-state index contributed by atoms with van der Waals surface area (Å²) in [4.78, 5) is 13.3. The molecule has 0 spiro atoms. The van der Waals surface area contributed by atoms with Crippen molar-refractivity contribution in [2.45, 2.75) is 25.3 Å². The number of hydrogen-bond donors (Lipinski definition) is 0. The first kappa shape index (κ1) is 16.4. The zero-order valence-electron chi connectivity index (χ0n) is 14.7. The first-order valence-electron chi connectivity index (χ1n) is 9.00. The van der Waals surface area contributed by atoms with Gasteiger partial charge in [-0.1, -0.05) is 0 Å². The Labute approximate surface area is 147 Å². The van der Waals surface area contributed by atoms with Crippen LogP contribution < -0.4 is 4.90 Å². The van der Waals surface area contributed by atoms with Crippen LogP contribution in [-0.2, 0) is 18.3 Å². The minimum Gasteiger partial charge on any atom is -0.379 e. The molecule has 2 aliphatic rings. The maximum absolute atomic E-state index is 5.42. The first-order chi connectivity index (χ1) is 12.3. The number of piperidine rings is 1. The predicted molar refractivity (Wildman–Crippen MR) is 93.3 cm³/mol. The zero-order valence-corrected chi connectivity index (χ0v) is 14.7. The maximum atomic E-state index is 5.42. The van der Waals surface area contributed by atoms with Gasteiger partial charge in [-0.2, -0.15) is 0 Å². The van der Waals surface area contributed by atoms with E-state index in [4.69, 9.17) is 4.74 Å². The lowest BCUT2D eigenvalue weighted by Gasteiger charge is -2.32. The second-order valence-electron chi connectivity index (χ2n) is 6.75. The predicted octanol–water partition coefficient (Wildman–Crippen LogP) is 0.821. The Morgan fingerprint density at radius 2 is 1.88 bits per heavy atom. The van der Waals surface area contributed by atoms with Gasteiger partial charge in [0.25, 0.3) is 0 Å². The molecule has 0 amide bonds. The second-order valence-corrected chi connectivity index (χ2v) is 6.75. The molecular formula is C17H25N7O. The van der Waals surface area contributed by atoms with Gasteiger partial charge in [-0.15, -0.1) is 10.2 Å². The summed E-state index contributed by atoms with van der Waals surface area (Å²) in [6, 6.07) is 0. The third-order valence-corrected chi connectivity index (χ3v) is 5.20. The molecule has 2 aliphatic heterocycles. The average molecular weight is 343 g/mol. The molecule has 0 radical (unpaired) electrons. The van der Waals surface area contributed by atoms with E-state index in [1.54, 1.807) is 12.4 Å². The van der Waals surface area contributed by atoms with Crippen molar-refractivity contribution in [2.75, 3.05) is 44.3 Å². The fourth-order valence-electron chi connectivity index (χ4n) is 3.65. The van der Waals surface area contributed by atoms with E-state index in [1.165, 1.54) is 0 Å². The van der Waals surface area contributed by atoms with Crippen molar-refractivity contribution < 1.29 is 4.74 Å². The van der Waals surface area contributed by atoms with Crippen LogP contribution in [0.2, 0.25) is 0 Å². The molecule has 0 saturated carbocycles. The van der Waals surface area contributed by atoms with Gasteiger partial charge in [-0.05, 0) is 12.8 Å². The van der Waals surface area contributed by atoms with Crippen LogP contribution in [0.5, 0.6) is 0 Å². The summed E-state index contributed by atoms with van der Waals surface area (Å²) in [6.45, 7) is 6.38. The Kier molecular flexibility index (Phi) is 4.89. The Morgan fingerprint density at radius 1 is 1.08 bits per heavy atom. The van der Waals surface area contributed by atoms with E-state index in [0.717, 1.165) is 76.2 Å². The van der Waals surface area contributed by atoms with Crippen LogP contribution in [0.3, 0.4) is 0 Å². The summed E-state index contributed by atoms with van der Waals surface area (Å²) < 4.78 is 7.61. The van der Waals surface area contributed by atoms with Gasteiger partial charge >= 0.3 is 0 Å². The van der Waals surface area contributed by atoms with Gasteiger partial charge < -0.3 is 14.2 Å². The van der Waals surface area contributed by atoms with E-state index in [0.29, 0.717) is 5.92 Å². The quantitative estimate of drug-likeness (QED) is 0.814. The summed E-state index contributed by atoms with van der Waals surface area (Å²) in [7, 11) is 2.10. The highest BCUT2D eigenvalue weighted by atomic mass is 16.5. The van der Waals surface area contributed by atoms with Crippen molar-refractivity contribution in [3.05, 3.63) is 30.2 Å². The molecule has 0 aromatic carbocycles. The fourth-order valence-corrected chi connectivity index (χ4v) is 3.65. The van der Waals surface area contributed by atoms with Crippen molar-refractivity contribution in [3.8, 4) is 0 Å². The van der Waals surface area contributed by atoms with Gasteiger partial charge in [0.1, 0.15) is 17.5 Å². The Morgan fingerprint density at radius 3 is 2.60 bits per heavy atom. The highest BCUT2D eigenvalue weighted by Crippen LogP contribution is 2.28. The molecule has 0 bridgehead atoms. The lowest BCUT2D eigenvalue weighted by molar-refractivity contribution is 0.0326.